The molecule has 0 aliphatic heterocycles. The van der Waals surface area contributed by atoms with Gasteiger partial charge >= 0.3 is 0 Å². The summed E-state index contributed by atoms with van der Waals surface area (Å²) in [5.41, 5.74) is 1.45. The van der Waals surface area contributed by atoms with E-state index >= 15 is 0 Å². The van der Waals surface area contributed by atoms with Crippen LogP contribution in [0.5, 0.6) is 0 Å². The fourth-order valence-corrected chi connectivity index (χ4v) is 5.32. The average molecular weight is 480 g/mol. The Bertz CT molecular complexity index is 1290. The Labute approximate surface area is 187 Å². The van der Waals surface area contributed by atoms with Gasteiger partial charge in [-0.1, -0.05) is 30.4 Å². The number of non-ortho nitro benzene ring substituents is 1. The Balaban J connectivity index is 1.93. The summed E-state index contributed by atoms with van der Waals surface area (Å²) in [4.78, 5) is 28.2. The molecule has 3 aromatic rings. The van der Waals surface area contributed by atoms with E-state index in [0.717, 1.165) is 11.3 Å². The number of sulfone groups is 1. The number of rotatable bonds is 8. The average Bonchev–Trinajstić information content (AvgIpc) is 3.08. The number of hydrogen-bond acceptors (Lipinski definition) is 7. The number of amides is 1. The first-order valence-electron chi connectivity index (χ1n) is 9.41. The van der Waals surface area contributed by atoms with Crippen molar-refractivity contribution in [2.75, 3.05) is 17.8 Å². The van der Waals surface area contributed by atoms with Crippen molar-refractivity contribution in [2.45, 2.75) is 24.8 Å². The lowest BCUT2D eigenvalue weighted by Gasteiger charge is -2.04. The van der Waals surface area contributed by atoms with Gasteiger partial charge in [-0.05, 0) is 30.0 Å². The van der Waals surface area contributed by atoms with E-state index < -0.39 is 14.8 Å². The van der Waals surface area contributed by atoms with Crippen LogP contribution in [-0.4, -0.2) is 41.6 Å². The summed E-state index contributed by atoms with van der Waals surface area (Å²) in [6.45, 7) is 2.20. The van der Waals surface area contributed by atoms with Gasteiger partial charge in [-0.3, -0.25) is 14.9 Å². The van der Waals surface area contributed by atoms with E-state index in [-0.39, 0.29) is 28.7 Å². The van der Waals surface area contributed by atoms with Crippen LogP contribution in [0.15, 0.2) is 52.4 Å². The number of nitrogens with zero attached hydrogens (tertiary/aromatic N) is 3. The van der Waals surface area contributed by atoms with Crippen LogP contribution in [0.25, 0.3) is 10.2 Å². The summed E-state index contributed by atoms with van der Waals surface area (Å²) in [5, 5.41) is 11.1. The molecule has 8 nitrogen and oxygen atoms in total. The lowest BCUT2D eigenvalue weighted by atomic mass is 10.1. The van der Waals surface area contributed by atoms with Crippen LogP contribution < -0.4 is 4.80 Å². The second-order valence-electron chi connectivity index (χ2n) is 6.67. The highest BCUT2D eigenvalue weighted by Gasteiger charge is 2.14. The fourth-order valence-electron chi connectivity index (χ4n) is 2.96. The van der Waals surface area contributed by atoms with E-state index in [1.54, 1.807) is 36.9 Å². The molecule has 0 aliphatic carbocycles. The maximum absolute atomic E-state index is 12.6. The smallest absolute Gasteiger partial charge is 0.270 e. The number of nitro benzene ring substituents is 1. The summed E-state index contributed by atoms with van der Waals surface area (Å²) < 4.78 is 26.4. The molecule has 0 unspecified atom stereocenters. The normalized spacial score (nSPS) is 12.4. The molecule has 0 radical (unpaired) electrons. The topological polar surface area (TPSA) is 112 Å². The number of carbonyl (C=O) groups is 1. The van der Waals surface area contributed by atoms with Crippen molar-refractivity contribution in [2.24, 2.45) is 4.99 Å². The minimum atomic E-state index is -3.29. The summed E-state index contributed by atoms with van der Waals surface area (Å²) in [7, 11) is -3.29. The number of aryl methyl sites for hydroxylation is 1. The van der Waals surface area contributed by atoms with Gasteiger partial charge in [0.05, 0.1) is 32.2 Å². The molecule has 164 valence electrons. The number of nitro groups is 1. The molecule has 1 amide bonds. The van der Waals surface area contributed by atoms with Crippen LogP contribution in [-0.2, 0) is 27.6 Å². The third-order valence-electron chi connectivity index (χ3n) is 4.63. The number of fused-ring (bicyclic) bond motifs is 1. The van der Waals surface area contributed by atoms with E-state index in [4.69, 9.17) is 0 Å². The molecule has 0 aliphatic rings. The lowest BCUT2D eigenvalue weighted by Crippen LogP contribution is -2.18. The van der Waals surface area contributed by atoms with E-state index in [0.29, 0.717) is 21.6 Å². The number of thiazole rings is 1. The van der Waals surface area contributed by atoms with Gasteiger partial charge in [0.15, 0.2) is 14.6 Å². The van der Waals surface area contributed by atoms with Crippen LogP contribution in [0.1, 0.15) is 12.5 Å². The van der Waals surface area contributed by atoms with Gasteiger partial charge < -0.3 is 4.57 Å². The molecule has 1 aromatic heterocycles. The molecule has 0 saturated carbocycles. The van der Waals surface area contributed by atoms with Gasteiger partial charge in [-0.2, -0.15) is 16.8 Å². The molecule has 0 saturated heterocycles. The fraction of sp³-hybridized carbons (Fsp3) is 0.300. The van der Waals surface area contributed by atoms with Crippen molar-refractivity contribution >= 4 is 54.7 Å². The van der Waals surface area contributed by atoms with Crippen LogP contribution in [0.4, 0.5) is 5.69 Å². The summed E-state index contributed by atoms with van der Waals surface area (Å²) in [6, 6.07) is 10.9. The van der Waals surface area contributed by atoms with Crippen LogP contribution >= 0.6 is 23.1 Å². The monoisotopic (exact) mass is 479 g/mol. The van der Waals surface area contributed by atoms with Crippen molar-refractivity contribution in [3.8, 4) is 0 Å². The Kier molecular flexibility index (Phi) is 7.29. The molecule has 3 rings (SSSR count). The van der Waals surface area contributed by atoms with Gasteiger partial charge in [0.1, 0.15) is 0 Å². The number of benzene rings is 2. The van der Waals surface area contributed by atoms with Crippen LogP contribution in [0.3, 0.4) is 0 Å². The molecular weight excluding hydrogens is 458 g/mol. The maximum atomic E-state index is 12.6. The first kappa shape index (κ1) is 23.2. The highest BCUT2D eigenvalue weighted by atomic mass is 32.2. The predicted molar refractivity (Wildman–Crippen MR) is 123 cm³/mol. The summed E-state index contributed by atoms with van der Waals surface area (Å²) in [5.74, 6) is 0.447. The van der Waals surface area contributed by atoms with Crippen molar-refractivity contribution in [1.29, 1.82) is 0 Å². The van der Waals surface area contributed by atoms with E-state index in [9.17, 15) is 23.3 Å². The Morgan fingerprint density at radius 3 is 2.55 bits per heavy atom. The Hall–Kier alpha value is -2.50. The zero-order chi connectivity index (χ0) is 22.6. The summed E-state index contributed by atoms with van der Waals surface area (Å²) >= 11 is 2.89. The molecule has 0 bridgehead atoms. The van der Waals surface area contributed by atoms with Crippen molar-refractivity contribution in [1.82, 2.24) is 4.57 Å². The van der Waals surface area contributed by atoms with Gasteiger partial charge in [0.25, 0.3) is 11.6 Å². The third-order valence-corrected chi connectivity index (χ3v) is 8.02. The number of aromatic nitrogens is 1. The van der Waals surface area contributed by atoms with Crippen molar-refractivity contribution in [3.63, 3.8) is 0 Å². The first-order chi connectivity index (χ1) is 14.7. The maximum Gasteiger partial charge on any atom is 0.270 e. The molecule has 0 fully saturated rings. The molecule has 1 heterocycles. The van der Waals surface area contributed by atoms with E-state index in [1.165, 1.54) is 35.6 Å². The largest absolute Gasteiger partial charge is 0.316 e. The van der Waals surface area contributed by atoms with E-state index in [2.05, 4.69) is 4.99 Å². The number of thioether (sulfide) groups is 1. The van der Waals surface area contributed by atoms with Gasteiger partial charge in [0.2, 0.25) is 0 Å². The SMILES string of the molecule is CCS(=O)(=O)c1ccc(CC(=O)N=c2sc3cc([N+](=O)[O-])ccc3n2CCSC)cc1. The standard InChI is InChI=1S/C20H21N3O5S3/c1-3-31(27,28)16-7-4-14(5-8-16)12-19(24)21-20-22(10-11-29-2)17-9-6-15(23(25)26)13-18(17)30-20/h4-9,13H,3,10-12H2,1-2H3. The molecule has 11 heteroatoms. The molecular formula is C20H21N3O5S3. The second-order valence-corrected chi connectivity index (χ2v) is 10.9. The summed E-state index contributed by atoms with van der Waals surface area (Å²) in [6.07, 6.45) is 2.01. The zero-order valence-corrected chi connectivity index (χ0v) is 19.4. The van der Waals surface area contributed by atoms with E-state index in [1.807, 2.05) is 10.8 Å². The van der Waals surface area contributed by atoms with Crippen LogP contribution in [0.2, 0.25) is 0 Å². The van der Waals surface area contributed by atoms with Crippen molar-refractivity contribution in [3.05, 3.63) is 62.9 Å². The molecule has 0 spiro atoms. The molecule has 2 aromatic carbocycles. The quantitative estimate of drug-likeness (QED) is 0.361. The minimum absolute atomic E-state index is 0.00855. The van der Waals surface area contributed by atoms with Crippen LogP contribution in [0, 0.1) is 10.1 Å². The predicted octanol–water partition coefficient (Wildman–Crippen LogP) is 3.44. The minimum Gasteiger partial charge on any atom is -0.316 e. The number of hydrogen-bond donors (Lipinski definition) is 0. The highest BCUT2D eigenvalue weighted by molar-refractivity contribution is 7.98. The molecule has 0 atom stereocenters. The highest BCUT2D eigenvalue weighted by Crippen LogP contribution is 2.23. The Morgan fingerprint density at radius 2 is 1.94 bits per heavy atom. The van der Waals surface area contributed by atoms with Gasteiger partial charge in [-0.15, -0.1) is 0 Å². The number of carbonyl (C=O) groups excluding carboxylic acids is 1. The zero-order valence-electron chi connectivity index (χ0n) is 17.0. The third kappa shape index (κ3) is 5.41. The Morgan fingerprint density at radius 1 is 1.23 bits per heavy atom. The van der Waals surface area contributed by atoms with Crippen molar-refractivity contribution < 1.29 is 18.1 Å². The lowest BCUT2D eigenvalue weighted by molar-refractivity contribution is -0.384. The van der Waals surface area contributed by atoms with Gasteiger partial charge in [0, 0.05) is 24.4 Å². The first-order valence-corrected chi connectivity index (χ1v) is 13.3. The molecule has 31 heavy (non-hydrogen) atoms. The molecule has 0 N–H and O–H groups in total. The van der Waals surface area contributed by atoms with Gasteiger partial charge in [-0.25, -0.2) is 8.42 Å². The second kappa shape index (κ2) is 9.75.